The molecule has 2 unspecified atom stereocenters. The van der Waals surface area contributed by atoms with Crippen molar-refractivity contribution < 1.29 is 9.53 Å². The Kier molecular flexibility index (Phi) is 5.22. The summed E-state index contributed by atoms with van der Waals surface area (Å²) in [6, 6.07) is 4.15. The second-order valence-electron chi connectivity index (χ2n) is 6.09. The number of hydrogen-bond donors (Lipinski definition) is 1. The molecule has 4 heteroatoms. The Hall–Kier alpha value is -0.870. The van der Waals surface area contributed by atoms with Gasteiger partial charge in [0, 0.05) is 11.4 Å². The first-order valence-electron chi connectivity index (χ1n) is 7.50. The van der Waals surface area contributed by atoms with Gasteiger partial charge in [0.25, 0.3) is 0 Å². The molecule has 112 valence electrons. The SMILES string of the molecule is CCOC(=O)C1(NCc2cccs2)CC(C)CC(C)C1. The molecule has 1 aromatic rings. The van der Waals surface area contributed by atoms with Gasteiger partial charge in [-0.2, -0.15) is 0 Å². The highest BCUT2D eigenvalue weighted by Gasteiger charge is 2.44. The molecule has 20 heavy (non-hydrogen) atoms. The van der Waals surface area contributed by atoms with E-state index >= 15 is 0 Å². The van der Waals surface area contributed by atoms with Crippen molar-refractivity contribution >= 4 is 17.3 Å². The first-order chi connectivity index (χ1) is 9.55. The van der Waals surface area contributed by atoms with Crippen LogP contribution in [0.25, 0.3) is 0 Å². The summed E-state index contributed by atoms with van der Waals surface area (Å²) in [6.45, 7) is 7.54. The van der Waals surface area contributed by atoms with Gasteiger partial charge in [0.2, 0.25) is 0 Å². The van der Waals surface area contributed by atoms with Crippen LogP contribution in [0, 0.1) is 11.8 Å². The zero-order chi connectivity index (χ0) is 14.6. The second-order valence-corrected chi connectivity index (χ2v) is 7.12. The summed E-state index contributed by atoms with van der Waals surface area (Å²) in [5, 5.41) is 5.59. The molecule has 1 fully saturated rings. The molecule has 1 aliphatic carbocycles. The van der Waals surface area contributed by atoms with Crippen LogP contribution in [0.5, 0.6) is 0 Å². The Morgan fingerprint density at radius 3 is 2.70 bits per heavy atom. The molecule has 1 saturated carbocycles. The van der Waals surface area contributed by atoms with Crippen LogP contribution in [0.2, 0.25) is 0 Å². The lowest BCUT2D eigenvalue weighted by atomic mass is 9.71. The van der Waals surface area contributed by atoms with Crippen LogP contribution < -0.4 is 5.32 Å². The second kappa shape index (κ2) is 6.72. The molecule has 2 rings (SSSR count). The topological polar surface area (TPSA) is 38.3 Å². The molecule has 1 aromatic heterocycles. The van der Waals surface area contributed by atoms with Crippen LogP contribution in [-0.4, -0.2) is 18.1 Å². The van der Waals surface area contributed by atoms with E-state index in [0.717, 1.165) is 19.4 Å². The zero-order valence-electron chi connectivity index (χ0n) is 12.6. The largest absolute Gasteiger partial charge is 0.465 e. The highest BCUT2D eigenvalue weighted by atomic mass is 32.1. The molecule has 1 aliphatic rings. The number of hydrogen-bond acceptors (Lipinski definition) is 4. The summed E-state index contributed by atoms with van der Waals surface area (Å²) >= 11 is 1.72. The average Bonchev–Trinajstić information content (AvgIpc) is 2.88. The molecule has 0 spiro atoms. The van der Waals surface area contributed by atoms with Gasteiger partial charge in [-0.15, -0.1) is 11.3 Å². The first kappa shape index (κ1) is 15.5. The van der Waals surface area contributed by atoms with E-state index in [9.17, 15) is 4.79 Å². The Morgan fingerprint density at radius 1 is 1.45 bits per heavy atom. The van der Waals surface area contributed by atoms with E-state index in [4.69, 9.17) is 4.74 Å². The van der Waals surface area contributed by atoms with Gasteiger partial charge in [-0.1, -0.05) is 19.9 Å². The minimum absolute atomic E-state index is 0.0741. The van der Waals surface area contributed by atoms with Crippen molar-refractivity contribution in [2.45, 2.75) is 52.1 Å². The normalized spacial score (nSPS) is 30.1. The summed E-state index contributed by atoms with van der Waals surface area (Å²) in [4.78, 5) is 13.8. The first-order valence-corrected chi connectivity index (χ1v) is 8.38. The van der Waals surface area contributed by atoms with Crippen LogP contribution in [-0.2, 0) is 16.1 Å². The third kappa shape index (κ3) is 3.61. The highest BCUT2D eigenvalue weighted by molar-refractivity contribution is 7.09. The smallest absolute Gasteiger partial charge is 0.326 e. The van der Waals surface area contributed by atoms with E-state index in [2.05, 4.69) is 30.6 Å². The van der Waals surface area contributed by atoms with E-state index in [1.807, 2.05) is 13.0 Å². The molecular formula is C16H25NO2S. The van der Waals surface area contributed by atoms with Gasteiger partial charge in [0.05, 0.1) is 6.61 Å². The van der Waals surface area contributed by atoms with Crippen LogP contribution >= 0.6 is 11.3 Å². The molecule has 0 radical (unpaired) electrons. The number of thiophene rings is 1. The maximum atomic E-state index is 12.5. The van der Waals surface area contributed by atoms with Crippen LogP contribution in [0.4, 0.5) is 0 Å². The van der Waals surface area contributed by atoms with Crippen molar-refractivity contribution in [3.8, 4) is 0 Å². The van der Waals surface area contributed by atoms with E-state index in [-0.39, 0.29) is 5.97 Å². The van der Waals surface area contributed by atoms with E-state index in [1.54, 1.807) is 11.3 Å². The van der Waals surface area contributed by atoms with Gasteiger partial charge in [-0.25, -0.2) is 0 Å². The van der Waals surface area contributed by atoms with Crippen molar-refractivity contribution in [1.29, 1.82) is 0 Å². The van der Waals surface area contributed by atoms with Crippen molar-refractivity contribution in [2.75, 3.05) is 6.61 Å². The minimum atomic E-state index is -0.503. The van der Waals surface area contributed by atoms with Gasteiger partial charge < -0.3 is 4.74 Å². The Bertz CT molecular complexity index is 420. The zero-order valence-corrected chi connectivity index (χ0v) is 13.5. The fraction of sp³-hybridized carbons (Fsp3) is 0.688. The van der Waals surface area contributed by atoms with Crippen molar-refractivity contribution in [3.63, 3.8) is 0 Å². The molecule has 1 N–H and O–H groups in total. The Labute approximate surface area is 125 Å². The average molecular weight is 295 g/mol. The Balaban J connectivity index is 2.12. The van der Waals surface area contributed by atoms with Crippen molar-refractivity contribution in [2.24, 2.45) is 11.8 Å². The summed E-state index contributed by atoms with van der Waals surface area (Å²) < 4.78 is 5.35. The van der Waals surface area contributed by atoms with Gasteiger partial charge in [-0.3, -0.25) is 10.1 Å². The summed E-state index contributed by atoms with van der Waals surface area (Å²) in [6.07, 6.45) is 2.95. The number of rotatable bonds is 5. The number of carbonyl (C=O) groups excluding carboxylic acids is 1. The van der Waals surface area contributed by atoms with Gasteiger partial charge in [0.1, 0.15) is 5.54 Å². The molecule has 0 bridgehead atoms. The van der Waals surface area contributed by atoms with Crippen molar-refractivity contribution in [1.82, 2.24) is 5.32 Å². The number of carbonyl (C=O) groups is 1. The third-order valence-corrected chi connectivity index (χ3v) is 4.92. The fourth-order valence-electron chi connectivity index (χ4n) is 3.45. The molecule has 0 saturated heterocycles. The van der Waals surface area contributed by atoms with Gasteiger partial charge in [-0.05, 0) is 49.5 Å². The molecule has 2 atom stereocenters. The Morgan fingerprint density at radius 2 is 2.15 bits per heavy atom. The molecule has 3 nitrogen and oxygen atoms in total. The highest BCUT2D eigenvalue weighted by Crippen LogP contribution is 2.37. The van der Waals surface area contributed by atoms with Gasteiger partial charge >= 0.3 is 5.97 Å². The quantitative estimate of drug-likeness (QED) is 0.844. The number of esters is 1. The lowest BCUT2D eigenvalue weighted by Gasteiger charge is -2.41. The summed E-state index contributed by atoms with van der Waals surface area (Å²) in [7, 11) is 0. The predicted octanol–water partition coefficient (Wildman–Crippen LogP) is 3.60. The predicted molar refractivity (Wildman–Crippen MR) is 82.7 cm³/mol. The molecule has 0 aliphatic heterocycles. The van der Waals surface area contributed by atoms with E-state index < -0.39 is 5.54 Å². The van der Waals surface area contributed by atoms with Crippen LogP contribution in [0.3, 0.4) is 0 Å². The van der Waals surface area contributed by atoms with Gasteiger partial charge in [0.15, 0.2) is 0 Å². The lowest BCUT2D eigenvalue weighted by Crippen LogP contribution is -2.56. The van der Waals surface area contributed by atoms with Crippen LogP contribution in [0.1, 0.15) is 44.9 Å². The molecule has 0 aromatic carbocycles. The molecule has 1 heterocycles. The maximum Gasteiger partial charge on any atom is 0.326 e. The molecule has 0 amide bonds. The summed E-state index contributed by atoms with van der Waals surface area (Å²) in [5.74, 6) is 1.04. The van der Waals surface area contributed by atoms with Crippen LogP contribution in [0.15, 0.2) is 17.5 Å². The molecular weight excluding hydrogens is 270 g/mol. The fourth-order valence-corrected chi connectivity index (χ4v) is 4.09. The van der Waals surface area contributed by atoms with E-state index in [0.29, 0.717) is 18.4 Å². The third-order valence-electron chi connectivity index (χ3n) is 4.05. The van der Waals surface area contributed by atoms with E-state index in [1.165, 1.54) is 11.3 Å². The lowest BCUT2D eigenvalue weighted by molar-refractivity contribution is -0.154. The monoisotopic (exact) mass is 295 g/mol. The maximum absolute atomic E-state index is 12.5. The van der Waals surface area contributed by atoms with Crippen molar-refractivity contribution in [3.05, 3.63) is 22.4 Å². The summed E-state index contributed by atoms with van der Waals surface area (Å²) in [5.41, 5.74) is -0.503. The number of nitrogens with one attached hydrogen (secondary N) is 1. The number of ether oxygens (including phenoxy) is 1. The standard InChI is InChI=1S/C16H25NO2S/c1-4-19-15(18)16(9-12(2)8-13(3)10-16)17-11-14-6-5-7-20-14/h5-7,12-13,17H,4,8-11H2,1-3H3. The minimum Gasteiger partial charge on any atom is -0.465 e.